The molecule has 8 nitrogen and oxygen atoms in total. The average molecular weight is 545 g/mol. The Labute approximate surface area is 231 Å². The second-order valence-electron chi connectivity index (χ2n) is 10.4. The van der Waals surface area contributed by atoms with Crippen molar-refractivity contribution in [1.29, 1.82) is 0 Å². The van der Waals surface area contributed by atoms with Gasteiger partial charge in [-0.05, 0) is 68.8 Å². The van der Waals surface area contributed by atoms with Gasteiger partial charge in [0.15, 0.2) is 16.9 Å². The molecule has 9 heteroatoms. The number of fused-ring (bicyclic) bond motifs is 1. The first-order valence-electron chi connectivity index (χ1n) is 12.9. The molecule has 40 heavy (non-hydrogen) atoms. The molecule has 1 saturated heterocycles. The van der Waals surface area contributed by atoms with Crippen LogP contribution in [0.2, 0.25) is 0 Å². The molecule has 1 aromatic heterocycles. The maximum absolute atomic E-state index is 13.7. The third-order valence-corrected chi connectivity index (χ3v) is 7.36. The lowest BCUT2D eigenvalue weighted by Gasteiger charge is -2.26. The zero-order chi connectivity index (χ0) is 28.7. The van der Waals surface area contributed by atoms with Crippen molar-refractivity contribution >= 4 is 34.1 Å². The molecule has 5 rings (SSSR count). The number of aryl methyl sites for hydroxylation is 1. The quantitative estimate of drug-likeness (QED) is 0.166. The van der Waals surface area contributed by atoms with E-state index in [0.717, 1.165) is 11.1 Å². The van der Waals surface area contributed by atoms with Gasteiger partial charge in [0.05, 0.1) is 19.7 Å². The highest BCUT2D eigenvalue weighted by atomic mass is 19.1. The number of nitrogens with one attached hydrogen (secondary N) is 1. The Kier molecular flexibility index (Phi) is 6.93. The molecule has 206 valence electrons. The molecule has 3 aromatic carbocycles. The summed E-state index contributed by atoms with van der Waals surface area (Å²) in [6.07, 6.45) is 1.66. The molecule has 0 radical (unpaired) electrons. The maximum atomic E-state index is 13.7. The van der Waals surface area contributed by atoms with E-state index in [1.54, 1.807) is 53.3 Å². The van der Waals surface area contributed by atoms with Crippen LogP contribution in [0.3, 0.4) is 0 Å². The van der Waals surface area contributed by atoms with E-state index in [0.29, 0.717) is 52.9 Å². The zero-order valence-corrected chi connectivity index (χ0v) is 23.1. The number of methoxy groups -OCH3 is 2. The summed E-state index contributed by atoms with van der Waals surface area (Å²) in [6.45, 7) is 6.15. The molecule has 2 heterocycles. The first kappa shape index (κ1) is 27.1. The van der Waals surface area contributed by atoms with E-state index in [-0.39, 0.29) is 16.2 Å². The highest BCUT2D eigenvalue weighted by Gasteiger charge is 2.59. The maximum Gasteiger partial charge on any atom is 0.334 e. The van der Waals surface area contributed by atoms with Crippen LogP contribution in [0.1, 0.15) is 19.4 Å². The predicted octanol–water partition coefficient (Wildman–Crippen LogP) is 6.00. The Morgan fingerprint density at radius 2 is 1.60 bits per heavy atom. The molecule has 0 spiro atoms. The van der Waals surface area contributed by atoms with Crippen molar-refractivity contribution in [2.75, 3.05) is 32.6 Å². The van der Waals surface area contributed by atoms with Crippen LogP contribution in [0.5, 0.6) is 23.0 Å². The van der Waals surface area contributed by atoms with Gasteiger partial charge in [-0.25, -0.2) is 13.7 Å². The van der Waals surface area contributed by atoms with Gasteiger partial charge in [-0.2, -0.15) is 0 Å². The van der Waals surface area contributed by atoms with Gasteiger partial charge in [0.2, 0.25) is 5.91 Å². The summed E-state index contributed by atoms with van der Waals surface area (Å²) in [7, 11) is 3.14. The van der Waals surface area contributed by atoms with Crippen LogP contribution in [-0.4, -0.2) is 44.1 Å². The zero-order valence-electron chi connectivity index (χ0n) is 23.1. The summed E-state index contributed by atoms with van der Waals surface area (Å²) in [4.78, 5) is 31.3. The monoisotopic (exact) mass is 544 g/mol. The van der Waals surface area contributed by atoms with Crippen molar-refractivity contribution < 1.29 is 28.2 Å². The third kappa shape index (κ3) is 4.84. The normalized spacial score (nSPS) is 13.9. The van der Waals surface area contributed by atoms with Gasteiger partial charge in [0, 0.05) is 35.5 Å². The molecule has 0 atom stereocenters. The molecule has 1 aliphatic heterocycles. The van der Waals surface area contributed by atoms with Crippen LogP contribution >= 0.6 is 0 Å². The molecular formula is C31H31FN3O5+. The topological polar surface area (TPSA) is 86.8 Å². The number of carbonyl (C=O) groups is 2. The largest absolute Gasteiger partial charge is 0.493 e. The number of anilines is 1. The van der Waals surface area contributed by atoms with Crippen LogP contribution in [-0.2, 0) is 9.59 Å². The summed E-state index contributed by atoms with van der Waals surface area (Å²) in [6, 6.07) is 16.8. The number of aromatic nitrogens is 1. The van der Waals surface area contributed by atoms with Crippen molar-refractivity contribution in [1.82, 2.24) is 9.47 Å². The van der Waals surface area contributed by atoms with Gasteiger partial charge >= 0.3 is 5.91 Å². The molecule has 0 saturated carbocycles. The van der Waals surface area contributed by atoms with E-state index in [1.807, 2.05) is 30.3 Å². The minimum absolute atomic E-state index is 0.0677. The lowest BCUT2D eigenvalue weighted by molar-refractivity contribution is -0.141. The number of halogens is 1. The number of hydrogen-bond donors (Lipinski definition) is 1. The second-order valence-corrected chi connectivity index (χ2v) is 10.4. The third-order valence-electron chi connectivity index (χ3n) is 7.36. The second kappa shape index (κ2) is 10.2. The highest BCUT2D eigenvalue weighted by Crippen LogP contribution is 2.41. The summed E-state index contributed by atoms with van der Waals surface area (Å²) in [5.74, 6) is 1.29. The summed E-state index contributed by atoms with van der Waals surface area (Å²) >= 11 is 0. The van der Waals surface area contributed by atoms with Crippen LogP contribution < -0.4 is 24.0 Å². The van der Waals surface area contributed by atoms with Crippen LogP contribution in [0, 0.1) is 18.2 Å². The van der Waals surface area contributed by atoms with E-state index in [1.165, 1.54) is 18.2 Å². The molecule has 0 aliphatic carbocycles. The molecule has 4 aromatic rings. The number of amides is 2. The van der Waals surface area contributed by atoms with Gasteiger partial charge in [0.1, 0.15) is 36.1 Å². The van der Waals surface area contributed by atoms with Gasteiger partial charge in [0.25, 0.3) is 0 Å². The number of ether oxygens (including phenoxy) is 3. The molecule has 1 aliphatic rings. The average Bonchev–Trinajstić information content (AvgIpc) is 3.76. The van der Waals surface area contributed by atoms with Gasteiger partial charge in [-0.15, -0.1) is 0 Å². The minimum Gasteiger partial charge on any atom is -0.493 e. The standard InChI is InChI=1S/C31H30FN3O5/c1-19-16-20(32)6-11-24(19)34-29(36)31(2,3)30(37)35(14-15-35)21-7-9-22(10-8-21)40-26-12-13-33-25-18-28(39-5)27(38-4)17-23(25)26/h6-13,16-18H,14-15H2,1-5H3/p+1. The Bertz CT molecular complexity index is 1610. The SMILES string of the molecule is COc1cc2nccc(Oc3ccc([N+]4(C(=O)C(C)(C)C(=O)Nc5ccc(F)cc5C)CC4)cc3)c2cc1OC. The van der Waals surface area contributed by atoms with Crippen LogP contribution in [0.15, 0.2) is 66.9 Å². The van der Waals surface area contributed by atoms with Crippen molar-refractivity contribution in [2.24, 2.45) is 5.41 Å². The highest BCUT2D eigenvalue weighted by molar-refractivity contribution is 6.14. The number of pyridine rings is 1. The first-order chi connectivity index (χ1) is 19.1. The smallest absolute Gasteiger partial charge is 0.334 e. The van der Waals surface area contributed by atoms with Gasteiger partial charge < -0.3 is 19.5 Å². The van der Waals surface area contributed by atoms with Crippen LogP contribution in [0.25, 0.3) is 10.9 Å². The fourth-order valence-corrected chi connectivity index (χ4v) is 4.82. The Hall–Kier alpha value is -4.50. The van der Waals surface area contributed by atoms with Crippen LogP contribution in [0.4, 0.5) is 15.8 Å². The number of hydrogen-bond acceptors (Lipinski definition) is 6. The summed E-state index contributed by atoms with van der Waals surface area (Å²) < 4.78 is 30.6. The molecule has 0 bridgehead atoms. The van der Waals surface area contributed by atoms with Gasteiger partial charge in [-0.3, -0.25) is 9.78 Å². The molecule has 2 amide bonds. The van der Waals surface area contributed by atoms with Crippen molar-refractivity contribution in [3.63, 3.8) is 0 Å². The number of nitrogens with zero attached hydrogens (tertiary/aromatic N) is 2. The van der Waals surface area contributed by atoms with E-state index in [4.69, 9.17) is 14.2 Å². The van der Waals surface area contributed by atoms with Gasteiger partial charge in [-0.1, -0.05) is 0 Å². The fraction of sp³-hybridized carbons (Fsp3) is 0.258. The van der Waals surface area contributed by atoms with E-state index < -0.39 is 11.3 Å². The summed E-state index contributed by atoms with van der Waals surface area (Å²) in [5, 5.41) is 3.56. The predicted molar refractivity (Wildman–Crippen MR) is 151 cm³/mol. The Morgan fingerprint density at radius 1 is 0.925 bits per heavy atom. The number of rotatable bonds is 8. The van der Waals surface area contributed by atoms with Crippen molar-refractivity contribution in [2.45, 2.75) is 20.8 Å². The molecule has 0 unspecified atom stereocenters. The van der Waals surface area contributed by atoms with Crippen molar-refractivity contribution in [3.05, 3.63) is 78.2 Å². The minimum atomic E-state index is -1.32. The number of carbonyl (C=O) groups excluding carboxylic acids is 2. The number of benzene rings is 3. The van der Waals surface area contributed by atoms with E-state index >= 15 is 0 Å². The van der Waals surface area contributed by atoms with Crippen molar-refractivity contribution in [3.8, 4) is 23.0 Å². The Balaban J connectivity index is 1.35. The molecule has 1 fully saturated rings. The van der Waals surface area contributed by atoms with E-state index in [2.05, 4.69) is 10.3 Å². The molecule has 1 N–H and O–H groups in total. The Morgan fingerprint density at radius 3 is 2.23 bits per heavy atom. The summed E-state index contributed by atoms with van der Waals surface area (Å²) in [5.41, 5.74) is 1.22. The number of quaternary nitrogens is 1. The fourth-order valence-electron chi connectivity index (χ4n) is 4.82. The molecular weight excluding hydrogens is 513 g/mol. The van der Waals surface area contributed by atoms with E-state index in [9.17, 15) is 14.0 Å². The lowest BCUT2D eigenvalue weighted by atomic mass is 9.89. The lowest BCUT2D eigenvalue weighted by Crippen LogP contribution is -2.50. The first-order valence-corrected chi connectivity index (χ1v) is 12.9.